The standard InChI is InChI=1S/C4H8O/c1-2-3-4-5/h3-5H,2H2,1H3/i/hD. The number of hydrogen-bond donors (Lipinski definition) is 1. The lowest BCUT2D eigenvalue weighted by atomic mass is 10.5. The molecule has 0 aliphatic carbocycles. The van der Waals surface area contributed by atoms with Gasteiger partial charge in [0, 0.05) is 0 Å². The van der Waals surface area contributed by atoms with Crippen LogP contribution in [0.5, 0.6) is 0 Å². The first-order valence-electron chi connectivity index (χ1n) is 2.09. The van der Waals surface area contributed by atoms with Crippen molar-refractivity contribution in [1.29, 1.82) is 1.43 Å². The van der Waals surface area contributed by atoms with E-state index in [1.165, 1.54) is 6.26 Å². The van der Waals surface area contributed by atoms with E-state index in [0.29, 0.717) is 0 Å². The van der Waals surface area contributed by atoms with Crippen molar-refractivity contribution in [3.05, 3.63) is 12.3 Å². The van der Waals surface area contributed by atoms with Crippen molar-refractivity contribution in [2.75, 3.05) is 0 Å². The van der Waals surface area contributed by atoms with Crippen LogP contribution in [0.25, 0.3) is 1.43 Å². The zero-order valence-corrected chi connectivity index (χ0v) is 3.27. The summed E-state index contributed by atoms with van der Waals surface area (Å²) in [5.41, 5.74) is 0. The Morgan fingerprint density at radius 3 is 3.20 bits per heavy atom. The quantitative estimate of drug-likeness (QED) is 0.491. The van der Waals surface area contributed by atoms with Crippen molar-refractivity contribution in [2.24, 2.45) is 0 Å². The molecule has 0 atom stereocenters. The fourth-order valence-corrected chi connectivity index (χ4v) is 0.0962. The van der Waals surface area contributed by atoms with Crippen LogP contribution in [0.15, 0.2) is 12.3 Å². The SMILES string of the molecule is [2H]OC=CCC. The highest BCUT2D eigenvalue weighted by Gasteiger charge is 1.53. The number of rotatable bonds is 2. The van der Waals surface area contributed by atoms with Crippen LogP contribution in [0.4, 0.5) is 0 Å². The Bertz CT molecular complexity index is 36.8. The third-order valence-corrected chi connectivity index (χ3v) is 0.332. The molecule has 0 bridgehead atoms. The van der Waals surface area contributed by atoms with Gasteiger partial charge in [-0.25, -0.2) is 0 Å². The maximum atomic E-state index is 6.12. The van der Waals surface area contributed by atoms with E-state index in [0.717, 1.165) is 6.42 Å². The zero-order chi connectivity index (χ0) is 4.83. The molecule has 0 amide bonds. The molecule has 30 valence electrons. The molecule has 0 aliphatic rings. The van der Waals surface area contributed by atoms with E-state index in [9.17, 15) is 0 Å². The molecular weight excluding hydrogens is 64.0 g/mol. The van der Waals surface area contributed by atoms with Gasteiger partial charge in [0.15, 0.2) is 0 Å². The van der Waals surface area contributed by atoms with Crippen LogP contribution in [0.3, 0.4) is 0 Å². The molecule has 0 aliphatic heterocycles. The largest absolute Gasteiger partial charge is 0.516 e. The van der Waals surface area contributed by atoms with Gasteiger partial charge in [-0.05, 0) is 6.42 Å². The van der Waals surface area contributed by atoms with E-state index in [-0.39, 0.29) is 0 Å². The Morgan fingerprint density at radius 1 is 2.20 bits per heavy atom. The lowest BCUT2D eigenvalue weighted by Crippen LogP contribution is -1.48. The molecule has 0 rings (SSSR count). The molecule has 0 spiro atoms. The van der Waals surface area contributed by atoms with Crippen molar-refractivity contribution in [2.45, 2.75) is 13.3 Å². The lowest BCUT2D eigenvalue weighted by molar-refractivity contribution is 0.471. The molecule has 0 saturated carbocycles. The zero-order valence-electron chi connectivity index (χ0n) is 4.27. The average Bonchev–Trinajstić information content (AvgIpc) is 1.61. The van der Waals surface area contributed by atoms with Crippen molar-refractivity contribution >= 4 is 0 Å². The lowest BCUT2D eigenvalue weighted by Gasteiger charge is -1.65. The van der Waals surface area contributed by atoms with E-state index in [4.69, 9.17) is 1.43 Å². The van der Waals surface area contributed by atoms with Crippen molar-refractivity contribution in [3.63, 3.8) is 0 Å². The van der Waals surface area contributed by atoms with Crippen LogP contribution in [0.1, 0.15) is 13.3 Å². The fourth-order valence-electron chi connectivity index (χ4n) is 0.0962. The summed E-state index contributed by atoms with van der Waals surface area (Å²) in [7, 11) is 0. The van der Waals surface area contributed by atoms with Gasteiger partial charge < -0.3 is 5.11 Å². The Labute approximate surface area is 33.4 Å². The van der Waals surface area contributed by atoms with Crippen LogP contribution >= 0.6 is 0 Å². The van der Waals surface area contributed by atoms with Crippen LogP contribution in [-0.4, -0.2) is 5.11 Å². The second-order valence-corrected chi connectivity index (χ2v) is 0.780. The molecule has 0 unspecified atom stereocenters. The molecule has 1 N–H and O–H groups in total. The normalized spacial score (nSPS) is 11.8. The molecule has 1 heteroatoms. The predicted octanol–water partition coefficient (Wildman–Crippen LogP) is 1.47. The van der Waals surface area contributed by atoms with Gasteiger partial charge in [0.25, 0.3) is 1.43 Å². The topological polar surface area (TPSA) is 20.2 Å². The van der Waals surface area contributed by atoms with E-state index < -0.39 is 0 Å². The van der Waals surface area contributed by atoms with E-state index in [1.807, 2.05) is 6.92 Å². The molecule has 1 nitrogen and oxygen atoms in total. The van der Waals surface area contributed by atoms with Crippen molar-refractivity contribution in [3.8, 4) is 0 Å². The maximum Gasteiger partial charge on any atom is 0.292 e. The second kappa shape index (κ2) is 3.54. The maximum absolute atomic E-state index is 6.12. The molecule has 5 heavy (non-hydrogen) atoms. The Hall–Kier alpha value is -0.460. The summed E-state index contributed by atoms with van der Waals surface area (Å²) in [5.74, 6) is 0. The van der Waals surface area contributed by atoms with Gasteiger partial charge in [0.2, 0.25) is 0 Å². The minimum atomic E-state index is 0.929. The molecule has 0 heterocycles. The van der Waals surface area contributed by atoms with Crippen molar-refractivity contribution in [1.82, 2.24) is 0 Å². The molecule has 0 fully saturated rings. The molecular formula is C4H8O. The summed E-state index contributed by atoms with van der Waals surface area (Å²) >= 11 is 0. The summed E-state index contributed by atoms with van der Waals surface area (Å²) < 4.78 is 6.12. The first-order chi connectivity index (χ1) is 2.91. The average molecular weight is 73.1 g/mol. The minimum Gasteiger partial charge on any atom is -0.516 e. The number of aliphatic hydroxyl groups is 1. The Balaban J connectivity index is 2.73. The highest BCUT2D eigenvalue weighted by atomic mass is 16.2. The van der Waals surface area contributed by atoms with Gasteiger partial charge in [-0.15, -0.1) is 0 Å². The van der Waals surface area contributed by atoms with Gasteiger partial charge in [-0.1, -0.05) is 13.0 Å². The third kappa shape index (κ3) is 3.54. The number of allylic oxidation sites excluding steroid dienone is 1. The first kappa shape index (κ1) is 2.76. The molecule has 0 radical (unpaired) electrons. The van der Waals surface area contributed by atoms with Gasteiger partial charge in [0.05, 0.1) is 6.26 Å². The van der Waals surface area contributed by atoms with Crippen LogP contribution in [0, 0.1) is 0 Å². The second-order valence-electron chi connectivity index (χ2n) is 0.780. The minimum absolute atomic E-state index is 0.929. The van der Waals surface area contributed by atoms with E-state index >= 15 is 0 Å². The van der Waals surface area contributed by atoms with Gasteiger partial charge >= 0.3 is 0 Å². The van der Waals surface area contributed by atoms with Crippen LogP contribution in [-0.2, 0) is 0 Å². The molecule has 0 aromatic rings. The smallest absolute Gasteiger partial charge is 0.292 e. The summed E-state index contributed by atoms with van der Waals surface area (Å²) in [6.07, 6.45) is 4.05. The Kier molecular flexibility index (Phi) is 1.95. The molecule has 0 aromatic carbocycles. The van der Waals surface area contributed by atoms with Gasteiger partial charge in [0.1, 0.15) is 0 Å². The third-order valence-electron chi connectivity index (χ3n) is 0.332. The van der Waals surface area contributed by atoms with Crippen LogP contribution in [0.2, 0.25) is 0 Å². The number of aliphatic hydroxyl groups excluding tert-OH is 1. The first-order valence-corrected chi connectivity index (χ1v) is 1.68. The number of hydrogen-bond acceptors (Lipinski definition) is 1. The monoisotopic (exact) mass is 73.1 g/mol. The van der Waals surface area contributed by atoms with E-state index in [1.54, 1.807) is 6.08 Å². The molecule has 0 saturated heterocycles. The highest BCUT2D eigenvalue weighted by Crippen LogP contribution is 1.71. The van der Waals surface area contributed by atoms with Crippen LogP contribution < -0.4 is 0 Å². The highest BCUT2D eigenvalue weighted by molar-refractivity contribution is 4.66. The predicted molar refractivity (Wildman–Crippen MR) is 22.1 cm³/mol. The summed E-state index contributed by atoms with van der Waals surface area (Å²) in [6.45, 7) is 1.98. The Morgan fingerprint density at radius 2 is 3.00 bits per heavy atom. The summed E-state index contributed by atoms with van der Waals surface area (Å²) in [5, 5.41) is 3.85. The van der Waals surface area contributed by atoms with E-state index in [2.05, 4.69) is 5.11 Å². The van der Waals surface area contributed by atoms with Crippen molar-refractivity contribution < 1.29 is 5.11 Å². The fraction of sp³-hybridized carbons (Fsp3) is 0.500. The van der Waals surface area contributed by atoms with Gasteiger partial charge in [-0.2, -0.15) is 0 Å². The summed E-state index contributed by atoms with van der Waals surface area (Å²) in [4.78, 5) is 0. The molecule has 0 aromatic heterocycles. The summed E-state index contributed by atoms with van der Waals surface area (Å²) in [6, 6.07) is 0. The van der Waals surface area contributed by atoms with Gasteiger partial charge in [-0.3, -0.25) is 0 Å².